The molecule has 1 atom stereocenters. The third-order valence-electron chi connectivity index (χ3n) is 4.44. The summed E-state index contributed by atoms with van der Waals surface area (Å²) in [6.45, 7) is 5.63. The predicted molar refractivity (Wildman–Crippen MR) is 115 cm³/mol. The number of nitrogens with one attached hydrogen (secondary N) is 1. The number of nitrogens with zero attached hydrogens (tertiary/aromatic N) is 5. The molecule has 3 aromatic heterocycles. The van der Waals surface area contributed by atoms with Gasteiger partial charge in [-0.2, -0.15) is 0 Å². The van der Waals surface area contributed by atoms with Crippen LogP contribution in [0.5, 0.6) is 0 Å². The van der Waals surface area contributed by atoms with Gasteiger partial charge in [-0.1, -0.05) is 35.1 Å². The van der Waals surface area contributed by atoms with Crippen molar-refractivity contribution >= 4 is 23.6 Å². The number of hydrogen-bond donors (Lipinski definition) is 1. The number of aryl methyl sites for hydroxylation is 2. The van der Waals surface area contributed by atoms with Gasteiger partial charge in [0.05, 0.1) is 16.6 Å². The largest absolute Gasteiger partial charge is 0.338 e. The van der Waals surface area contributed by atoms with Crippen molar-refractivity contribution in [3.63, 3.8) is 0 Å². The average molecular weight is 420 g/mol. The lowest BCUT2D eigenvalue weighted by molar-refractivity contribution is -0.115. The van der Waals surface area contributed by atoms with Crippen LogP contribution in [0, 0.1) is 13.8 Å². The standard InChI is InChI=1S/C21H20N6O2S/c1-13-7-4-5-9-17(13)27-19(16-8-6-10-22-12-16)24-25-21(27)30-15(3)20(28)23-18-11-14(2)26-29-18/h4-12,15H,1-3H3,(H,23,28). The molecule has 4 aromatic rings. The van der Waals surface area contributed by atoms with Crippen molar-refractivity contribution in [2.45, 2.75) is 31.2 Å². The molecular formula is C21H20N6O2S. The van der Waals surface area contributed by atoms with E-state index in [9.17, 15) is 4.79 Å². The number of aromatic nitrogens is 5. The zero-order chi connectivity index (χ0) is 21.1. The van der Waals surface area contributed by atoms with Gasteiger partial charge >= 0.3 is 0 Å². The van der Waals surface area contributed by atoms with E-state index in [2.05, 4.69) is 25.7 Å². The monoisotopic (exact) mass is 420 g/mol. The van der Waals surface area contributed by atoms with Gasteiger partial charge in [0.25, 0.3) is 0 Å². The van der Waals surface area contributed by atoms with Gasteiger partial charge in [0.1, 0.15) is 0 Å². The van der Waals surface area contributed by atoms with Crippen LogP contribution in [-0.2, 0) is 4.79 Å². The smallest absolute Gasteiger partial charge is 0.240 e. The number of pyridine rings is 1. The molecule has 0 saturated carbocycles. The molecule has 0 bridgehead atoms. The number of anilines is 1. The number of rotatable bonds is 6. The number of benzene rings is 1. The van der Waals surface area contributed by atoms with Crippen LogP contribution in [0.15, 0.2) is 64.5 Å². The number of thioether (sulfide) groups is 1. The van der Waals surface area contributed by atoms with Crippen molar-refractivity contribution in [1.82, 2.24) is 24.9 Å². The van der Waals surface area contributed by atoms with E-state index in [1.165, 1.54) is 11.8 Å². The Hall–Kier alpha value is -3.46. The Kier molecular flexibility index (Phi) is 5.62. The Morgan fingerprint density at radius 3 is 2.70 bits per heavy atom. The van der Waals surface area contributed by atoms with Gasteiger partial charge in [-0.3, -0.25) is 19.7 Å². The molecular weight excluding hydrogens is 400 g/mol. The maximum Gasteiger partial charge on any atom is 0.240 e. The van der Waals surface area contributed by atoms with Crippen LogP contribution in [0.4, 0.5) is 5.88 Å². The van der Waals surface area contributed by atoms with E-state index < -0.39 is 5.25 Å². The molecule has 0 radical (unpaired) electrons. The van der Waals surface area contributed by atoms with Gasteiger partial charge < -0.3 is 4.52 Å². The predicted octanol–water partition coefficient (Wildman–Crippen LogP) is 4.05. The molecule has 0 aliphatic heterocycles. The summed E-state index contributed by atoms with van der Waals surface area (Å²) < 4.78 is 7.03. The fourth-order valence-electron chi connectivity index (χ4n) is 2.92. The SMILES string of the molecule is Cc1cc(NC(=O)C(C)Sc2nnc(-c3cccnc3)n2-c2ccccc2C)on1. The molecule has 0 aliphatic rings. The van der Waals surface area contributed by atoms with E-state index in [0.29, 0.717) is 22.6 Å². The topological polar surface area (TPSA) is 98.7 Å². The van der Waals surface area contributed by atoms with Crippen LogP contribution >= 0.6 is 11.8 Å². The minimum Gasteiger partial charge on any atom is -0.338 e. The number of carbonyl (C=O) groups is 1. The third kappa shape index (κ3) is 4.11. The number of amides is 1. The molecule has 0 saturated heterocycles. The Morgan fingerprint density at radius 1 is 1.17 bits per heavy atom. The van der Waals surface area contributed by atoms with Crippen molar-refractivity contribution in [2.75, 3.05) is 5.32 Å². The van der Waals surface area contributed by atoms with Crippen molar-refractivity contribution in [3.8, 4) is 17.1 Å². The van der Waals surface area contributed by atoms with E-state index in [1.54, 1.807) is 25.4 Å². The normalized spacial score (nSPS) is 12.0. The molecule has 152 valence electrons. The zero-order valence-corrected chi connectivity index (χ0v) is 17.6. The third-order valence-corrected chi connectivity index (χ3v) is 5.48. The summed E-state index contributed by atoms with van der Waals surface area (Å²) >= 11 is 1.32. The number of carbonyl (C=O) groups excluding carboxylic acids is 1. The van der Waals surface area contributed by atoms with Gasteiger partial charge in [0.2, 0.25) is 11.8 Å². The Balaban J connectivity index is 1.67. The van der Waals surface area contributed by atoms with Gasteiger partial charge in [0, 0.05) is 24.0 Å². The highest BCUT2D eigenvalue weighted by molar-refractivity contribution is 8.00. The quantitative estimate of drug-likeness (QED) is 0.470. The van der Waals surface area contributed by atoms with Crippen molar-refractivity contribution in [1.29, 1.82) is 0 Å². The minimum absolute atomic E-state index is 0.210. The Morgan fingerprint density at radius 2 is 2.00 bits per heavy atom. The lowest BCUT2D eigenvalue weighted by Gasteiger charge is -2.14. The molecule has 1 N–H and O–H groups in total. The molecule has 4 rings (SSSR count). The van der Waals surface area contributed by atoms with Crippen LogP contribution in [0.1, 0.15) is 18.2 Å². The van der Waals surface area contributed by atoms with Gasteiger partial charge in [-0.25, -0.2) is 0 Å². The molecule has 0 aliphatic carbocycles. The number of hydrogen-bond acceptors (Lipinski definition) is 7. The van der Waals surface area contributed by atoms with E-state index in [1.807, 2.05) is 54.8 Å². The molecule has 1 aromatic carbocycles. The minimum atomic E-state index is -0.441. The lowest BCUT2D eigenvalue weighted by atomic mass is 10.2. The highest BCUT2D eigenvalue weighted by Crippen LogP contribution is 2.31. The Labute approximate surface area is 177 Å². The average Bonchev–Trinajstić information content (AvgIpc) is 3.35. The molecule has 0 fully saturated rings. The van der Waals surface area contributed by atoms with Gasteiger partial charge in [-0.05, 0) is 44.5 Å². The first-order valence-corrected chi connectivity index (χ1v) is 10.2. The van der Waals surface area contributed by atoms with Crippen LogP contribution in [0.3, 0.4) is 0 Å². The highest BCUT2D eigenvalue weighted by atomic mass is 32.2. The first-order valence-electron chi connectivity index (χ1n) is 9.35. The summed E-state index contributed by atoms with van der Waals surface area (Å²) in [5.41, 5.74) is 3.56. The molecule has 0 spiro atoms. The second kappa shape index (κ2) is 8.50. The summed E-state index contributed by atoms with van der Waals surface area (Å²) in [5, 5.41) is 15.5. The second-order valence-corrected chi connectivity index (χ2v) is 8.06. The van der Waals surface area contributed by atoms with Crippen LogP contribution in [0.2, 0.25) is 0 Å². The fraction of sp³-hybridized carbons (Fsp3) is 0.190. The molecule has 8 nitrogen and oxygen atoms in total. The molecule has 1 unspecified atom stereocenters. The van der Waals surface area contributed by atoms with Crippen LogP contribution in [-0.4, -0.2) is 36.1 Å². The zero-order valence-electron chi connectivity index (χ0n) is 16.7. The summed E-state index contributed by atoms with van der Waals surface area (Å²) in [4.78, 5) is 16.8. The van der Waals surface area contributed by atoms with E-state index in [4.69, 9.17) is 4.52 Å². The van der Waals surface area contributed by atoms with E-state index in [-0.39, 0.29) is 5.91 Å². The van der Waals surface area contributed by atoms with E-state index in [0.717, 1.165) is 16.8 Å². The lowest BCUT2D eigenvalue weighted by Crippen LogP contribution is -2.22. The second-order valence-electron chi connectivity index (χ2n) is 6.75. The van der Waals surface area contributed by atoms with Crippen molar-refractivity contribution in [2.24, 2.45) is 0 Å². The molecule has 30 heavy (non-hydrogen) atoms. The van der Waals surface area contributed by atoms with Gasteiger partial charge in [-0.15, -0.1) is 10.2 Å². The fourth-order valence-corrected chi connectivity index (χ4v) is 3.78. The number of para-hydroxylation sites is 1. The summed E-state index contributed by atoms with van der Waals surface area (Å²) in [6, 6.07) is 13.4. The summed E-state index contributed by atoms with van der Waals surface area (Å²) in [6.07, 6.45) is 3.46. The van der Waals surface area contributed by atoms with Gasteiger partial charge in [0.15, 0.2) is 11.0 Å². The summed E-state index contributed by atoms with van der Waals surface area (Å²) in [5.74, 6) is 0.776. The van der Waals surface area contributed by atoms with Crippen molar-refractivity contribution in [3.05, 3.63) is 66.1 Å². The first kappa shape index (κ1) is 19.8. The maximum atomic E-state index is 12.6. The Bertz CT molecular complexity index is 1170. The first-order chi connectivity index (χ1) is 14.5. The van der Waals surface area contributed by atoms with Crippen LogP contribution in [0.25, 0.3) is 17.1 Å². The maximum absolute atomic E-state index is 12.6. The van der Waals surface area contributed by atoms with Crippen LogP contribution < -0.4 is 5.32 Å². The molecule has 9 heteroatoms. The highest BCUT2D eigenvalue weighted by Gasteiger charge is 2.23. The van der Waals surface area contributed by atoms with Crippen molar-refractivity contribution < 1.29 is 9.32 Å². The van der Waals surface area contributed by atoms with E-state index >= 15 is 0 Å². The molecule has 1 amide bonds. The molecule has 3 heterocycles. The summed E-state index contributed by atoms with van der Waals surface area (Å²) in [7, 11) is 0.